The number of anilines is 2. The maximum Gasteiger partial charge on any atom is 0.325 e. The third kappa shape index (κ3) is 5.83. The Kier molecular flexibility index (Phi) is 7.76. The predicted molar refractivity (Wildman–Crippen MR) is 139 cm³/mol. The minimum absolute atomic E-state index is 0.0198. The van der Waals surface area contributed by atoms with Gasteiger partial charge in [-0.05, 0) is 52.6 Å². The quantitative estimate of drug-likeness (QED) is 0.187. The lowest BCUT2D eigenvalue weighted by Gasteiger charge is -2.21. The van der Waals surface area contributed by atoms with E-state index in [1.165, 1.54) is 23.6 Å². The number of carbonyl (C=O) groups excluding carboxylic acids is 3. The number of aryl methyl sites for hydroxylation is 1. The fourth-order valence-electron chi connectivity index (χ4n) is 3.87. The number of nitrogens with one attached hydrogen (secondary N) is 2. The van der Waals surface area contributed by atoms with Crippen LogP contribution in [0.5, 0.6) is 0 Å². The summed E-state index contributed by atoms with van der Waals surface area (Å²) < 4.78 is 6.67. The van der Waals surface area contributed by atoms with Gasteiger partial charge in [-0.1, -0.05) is 30.3 Å². The van der Waals surface area contributed by atoms with E-state index in [0.29, 0.717) is 22.6 Å². The topological polar surface area (TPSA) is 147 Å². The summed E-state index contributed by atoms with van der Waals surface area (Å²) in [6, 6.07) is 14.2. The highest BCUT2D eigenvalue weighted by Crippen LogP contribution is 2.25. The zero-order chi connectivity index (χ0) is 27.4. The van der Waals surface area contributed by atoms with Gasteiger partial charge in [-0.25, -0.2) is 4.99 Å². The van der Waals surface area contributed by atoms with Crippen molar-refractivity contribution in [3.05, 3.63) is 65.9 Å². The van der Waals surface area contributed by atoms with Gasteiger partial charge in [0.2, 0.25) is 17.1 Å². The van der Waals surface area contributed by atoms with Gasteiger partial charge in [0.25, 0.3) is 11.6 Å². The minimum atomic E-state index is -0.890. The van der Waals surface area contributed by atoms with Crippen LogP contribution >= 0.6 is 12.2 Å². The minimum Gasteiger partial charge on any atom is -0.858 e. The fraction of sp³-hybridized carbons (Fsp3) is 0.240. The van der Waals surface area contributed by atoms with Gasteiger partial charge < -0.3 is 20.6 Å². The number of rotatable bonds is 8. The Labute approximate surface area is 223 Å². The second kappa shape index (κ2) is 11.2. The molecule has 196 valence electrons. The van der Waals surface area contributed by atoms with Crippen LogP contribution in [0.3, 0.4) is 0 Å². The molecule has 3 amide bonds. The van der Waals surface area contributed by atoms with Crippen molar-refractivity contribution in [3.63, 3.8) is 0 Å². The van der Waals surface area contributed by atoms with Crippen molar-refractivity contribution in [1.29, 1.82) is 0 Å². The molecule has 1 atom stereocenters. The van der Waals surface area contributed by atoms with Gasteiger partial charge in [0.05, 0.1) is 6.42 Å². The Bertz CT molecular complexity index is 1410. The smallest absolute Gasteiger partial charge is 0.325 e. The number of likely N-dealkylation sites (N-methyl/N-ethyl adjacent to an activating group) is 1. The highest BCUT2D eigenvalue weighted by atomic mass is 32.1. The summed E-state index contributed by atoms with van der Waals surface area (Å²) in [5, 5.41) is 22.1. The first-order chi connectivity index (χ1) is 18.1. The molecule has 0 spiro atoms. The van der Waals surface area contributed by atoms with Gasteiger partial charge in [0, 0.05) is 25.3 Å². The Morgan fingerprint density at radius 3 is 2.39 bits per heavy atom. The Morgan fingerprint density at radius 2 is 1.76 bits per heavy atom. The molecule has 2 aromatic carbocycles. The number of thiocarbonyl (C=S) groups is 1. The lowest BCUT2D eigenvalue weighted by atomic mass is 10.1. The van der Waals surface area contributed by atoms with Crippen LogP contribution in [-0.4, -0.2) is 56.9 Å². The predicted octanol–water partition coefficient (Wildman–Crippen LogP) is 0.852. The molecule has 2 heterocycles. The van der Waals surface area contributed by atoms with Crippen LogP contribution in [-0.2, 0) is 28.0 Å². The van der Waals surface area contributed by atoms with Gasteiger partial charge in [-0.2, -0.15) is 0 Å². The van der Waals surface area contributed by atoms with Gasteiger partial charge >= 0.3 is 5.88 Å². The summed E-state index contributed by atoms with van der Waals surface area (Å²) in [6.45, 7) is 1.43. The molecule has 1 aromatic heterocycles. The molecule has 38 heavy (non-hydrogen) atoms. The van der Waals surface area contributed by atoms with Crippen LogP contribution in [0.25, 0.3) is 0 Å². The number of aromatic nitrogens is 2. The summed E-state index contributed by atoms with van der Waals surface area (Å²) >= 11 is 5.48. The highest BCUT2D eigenvalue weighted by Gasteiger charge is 2.43. The largest absolute Gasteiger partial charge is 0.858 e. The SMILES string of the molecule is CC(=O)Nc1ccc(NC(=O)CC2C(=O)N(C)C(=S)N2Cc2c(/N=C(\[O-])c3ccccc3)on[n+]2C)cc1. The number of aliphatic imine (C=N–C) groups is 1. The third-order valence-electron chi connectivity index (χ3n) is 5.82. The van der Waals surface area contributed by atoms with Crippen molar-refractivity contribution >= 4 is 58.2 Å². The molecule has 0 bridgehead atoms. The summed E-state index contributed by atoms with van der Waals surface area (Å²) in [6.07, 6.45) is -0.179. The van der Waals surface area contributed by atoms with E-state index in [2.05, 4.69) is 20.9 Å². The molecular formula is C25H25N7O5S. The number of nitrogens with zero attached hydrogens (tertiary/aromatic N) is 5. The second-order valence-electron chi connectivity index (χ2n) is 8.57. The van der Waals surface area contributed by atoms with Crippen molar-refractivity contribution in [2.75, 3.05) is 17.7 Å². The second-order valence-corrected chi connectivity index (χ2v) is 8.93. The first-order valence-corrected chi connectivity index (χ1v) is 12.0. The zero-order valence-corrected chi connectivity index (χ0v) is 21.7. The van der Waals surface area contributed by atoms with Gasteiger partial charge in [-0.15, -0.1) is 0 Å². The summed E-state index contributed by atoms with van der Waals surface area (Å²) in [5.41, 5.74) is 1.87. The summed E-state index contributed by atoms with van der Waals surface area (Å²) in [4.78, 5) is 44.0. The van der Waals surface area contributed by atoms with Crippen LogP contribution in [0.4, 0.5) is 17.3 Å². The monoisotopic (exact) mass is 535 g/mol. The van der Waals surface area contributed by atoms with Crippen LogP contribution < -0.4 is 20.4 Å². The number of hydrogen-bond acceptors (Lipinski definition) is 8. The molecule has 1 aliphatic rings. The lowest BCUT2D eigenvalue weighted by Crippen LogP contribution is -2.42. The fourth-order valence-corrected chi connectivity index (χ4v) is 4.16. The maximum atomic E-state index is 13.0. The first kappa shape index (κ1) is 26.4. The van der Waals surface area contributed by atoms with Gasteiger partial charge in [-0.3, -0.25) is 23.8 Å². The molecule has 1 saturated heterocycles. The average molecular weight is 536 g/mol. The van der Waals surface area contributed by atoms with E-state index in [-0.39, 0.29) is 35.8 Å². The standard InChI is InChI=1S/C25H24N7O5S/c1-15(33)26-17-9-11-18(12-10-17)27-21(34)13-19-24(36)30(2)25(38)32(19)14-20-23(37-29-31(20)3)28-22(35)16-7-5-4-6-8-16/h4-12,19H,13-14H2,1-3H3,(H,28,35)/q-1/p+1. The third-order valence-corrected chi connectivity index (χ3v) is 6.33. The van der Waals surface area contributed by atoms with E-state index in [1.54, 1.807) is 66.5 Å². The molecule has 1 fully saturated rings. The van der Waals surface area contributed by atoms with Crippen molar-refractivity contribution in [3.8, 4) is 0 Å². The van der Waals surface area contributed by atoms with E-state index in [0.717, 1.165) is 0 Å². The van der Waals surface area contributed by atoms with Crippen LogP contribution in [0.1, 0.15) is 24.6 Å². The molecule has 0 aliphatic carbocycles. The van der Waals surface area contributed by atoms with Crippen LogP contribution in [0.15, 0.2) is 64.1 Å². The van der Waals surface area contributed by atoms with E-state index >= 15 is 0 Å². The van der Waals surface area contributed by atoms with Crippen LogP contribution in [0.2, 0.25) is 0 Å². The van der Waals surface area contributed by atoms with Crippen molar-refractivity contribution in [2.24, 2.45) is 12.0 Å². The molecule has 1 aliphatic heterocycles. The number of carbonyl (C=O) groups is 3. The van der Waals surface area contributed by atoms with E-state index in [1.807, 2.05) is 0 Å². The van der Waals surface area contributed by atoms with Crippen molar-refractivity contribution in [2.45, 2.75) is 25.9 Å². The molecule has 3 aromatic rings. The summed E-state index contributed by atoms with van der Waals surface area (Å²) in [7, 11) is 3.15. The van der Waals surface area contributed by atoms with Crippen molar-refractivity contribution in [1.82, 2.24) is 15.1 Å². The molecule has 0 radical (unpaired) electrons. The Balaban J connectivity index is 1.51. The number of benzene rings is 2. The molecular weight excluding hydrogens is 510 g/mol. The average Bonchev–Trinajstić information content (AvgIpc) is 3.33. The highest BCUT2D eigenvalue weighted by molar-refractivity contribution is 7.80. The van der Waals surface area contributed by atoms with Gasteiger partial charge in [0.15, 0.2) is 12.2 Å². The lowest BCUT2D eigenvalue weighted by molar-refractivity contribution is -0.746. The maximum absolute atomic E-state index is 13.0. The Morgan fingerprint density at radius 1 is 1.13 bits per heavy atom. The molecule has 12 nitrogen and oxygen atoms in total. The zero-order valence-electron chi connectivity index (χ0n) is 20.9. The molecule has 1 unspecified atom stereocenters. The van der Waals surface area contributed by atoms with Gasteiger partial charge in [0.1, 0.15) is 12.6 Å². The Hall–Kier alpha value is -4.65. The molecule has 4 rings (SSSR count). The number of amides is 3. The molecule has 0 saturated carbocycles. The summed E-state index contributed by atoms with van der Waals surface area (Å²) in [5.74, 6) is -1.49. The first-order valence-electron chi connectivity index (χ1n) is 11.6. The van der Waals surface area contributed by atoms with Crippen molar-refractivity contribution < 1.29 is 28.7 Å². The molecule has 13 heteroatoms. The van der Waals surface area contributed by atoms with E-state index < -0.39 is 17.8 Å². The van der Waals surface area contributed by atoms with E-state index in [4.69, 9.17) is 16.7 Å². The number of hydrogen-bond donors (Lipinski definition) is 2. The normalized spacial score (nSPS) is 15.7. The van der Waals surface area contributed by atoms with Crippen LogP contribution in [0, 0.1) is 0 Å². The molecule has 2 N–H and O–H groups in total. The van der Waals surface area contributed by atoms with E-state index in [9.17, 15) is 19.5 Å².